The molecular formula is C15H18BrN3O5. The van der Waals surface area contributed by atoms with Gasteiger partial charge in [-0.2, -0.15) is 0 Å². The van der Waals surface area contributed by atoms with Crippen LogP contribution in [-0.4, -0.2) is 25.8 Å². The van der Waals surface area contributed by atoms with Crippen LogP contribution in [0, 0.1) is 5.92 Å². The summed E-state index contributed by atoms with van der Waals surface area (Å²) >= 11 is 3.31. The molecule has 1 amide bonds. The lowest BCUT2D eigenvalue weighted by Gasteiger charge is -2.19. The van der Waals surface area contributed by atoms with Gasteiger partial charge in [0, 0.05) is 4.47 Å². The number of aromatic amines is 1. The van der Waals surface area contributed by atoms with Crippen molar-refractivity contribution in [1.82, 2.24) is 15.0 Å². The predicted octanol–water partition coefficient (Wildman–Crippen LogP) is 1.93. The molecule has 0 saturated heterocycles. The van der Waals surface area contributed by atoms with Crippen molar-refractivity contribution in [3.63, 3.8) is 0 Å². The Labute approximate surface area is 146 Å². The van der Waals surface area contributed by atoms with Gasteiger partial charge < -0.3 is 14.8 Å². The van der Waals surface area contributed by atoms with E-state index in [4.69, 9.17) is 9.94 Å². The number of nitrogens with zero attached hydrogens (tertiary/aromatic N) is 1. The van der Waals surface area contributed by atoms with E-state index >= 15 is 0 Å². The van der Waals surface area contributed by atoms with E-state index < -0.39 is 23.5 Å². The van der Waals surface area contributed by atoms with Gasteiger partial charge >= 0.3 is 5.69 Å². The first-order chi connectivity index (χ1) is 11.3. The van der Waals surface area contributed by atoms with Crippen molar-refractivity contribution in [2.75, 3.05) is 0 Å². The fraction of sp³-hybridized carbons (Fsp3) is 0.333. The average Bonchev–Trinajstić information content (AvgIpc) is 2.82. The summed E-state index contributed by atoms with van der Waals surface area (Å²) in [5.41, 5.74) is 0.988. The second-order valence-electron chi connectivity index (χ2n) is 5.51. The van der Waals surface area contributed by atoms with Crippen molar-refractivity contribution in [1.29, 1.82) is 0 Å². The van der Waals surface area contributed by atoms with Gasteiger partial charge in [0.15, 0.2) is 0 Å². The maximum atomic E-state index is 12.1. The molecule has 0 saturated carbocycles. The molecule has 0 bridgehead atoms. The minimum Gasteiger partial charge on any atom is -0.493 e. The van der Waals surface area contributed by atoms with Gasteiger partial charge in [0.2, 0.25) is 5.88 Å². The average molecular weight is 400 g/mol. The molecule has 1 atom stereocenters. The van der Waals surface area contributed by atoms with Crippen LogP contribution in [0.1, 0.15) is 25.6 Å². The minimum absolute atomic E-state index is 0.0821. The zero-order valence-corrected chi connectivity index (χ0v) is 14.7. The molecule has 0 unspecified atom stereocenters. The van der Waals surface area contributed by atoms with Crippen LogP contribution >= 0.6 is 15.9 Å². The molecular weight excluding hydrogens is 382 g/mol. The Bertz CT molecular complexity index is 766. The summed E-state index contributed by atoms with van der Waals surface area (Å²) in [6, 6.07) is 5.99. The monoisotopic (exact) mass is 399 g/mol. The molecule has 0 fully saturated rings. The fourth-order valence-electron chi connectivity index (χ4n) is 2.32. The van der Waals surface area contributed by atoms with Crippen molar-refractivity contribution in [3.05, 3.63) is 44.9 Å². The quantitative estimate of drug-likeness (QED) is 0.437. The first kappa shape index (κ1) is 18.1. The number of nitrogens with one attached hydrogen (secondary N) is 2. The van der Waals surface area contributed by atoms with E-state index in [9.17, 15) is 14.7 Å². The third-order valence-electron chi connectivity index (χ3n) is 3.46. The van der Waals surface area contributed by atoms with Crippen LogP contribution in [0.15, 0.2) is 33.5 Å². The number of hydrogen-bond donors (Lipinski definition) is 4. The van der Waals surface area contributed by atoms with Gasteiger partial charge in [-0.05, 0) is 30.2 Å². The second-order valence-corrected chi connectivity index (χ2v) is 6.43. The van der Waals surface area contributed by atoms with Gasteiger partial charge in [-0.25, -0.2) is 14.8 Å². The van der Waals surface area contributed by atoms with Crippen LogP contribution in [0.25, 0.3) is 0 Å². The Morgan fingerprint density at radius 1 is 1.38 bits per heavy atom. The third-order valence-corrected chi connectivity index (χ3v) is 3.99. The lowest BCUT2D eigenvalue weighted by molar-refractivity contribution is -0.134. The van der Waals surface area contributed by atoms with Crippen LogP contribution in [0.5, 0.6) is 11.6 Å². The molecule has 0 spiro atoms. The van der Waals surface area contributed by atoms with Crippen molar-refractivity contribution in [2.45, 2.75) is 26.5 Å². The van der Waals surface area contributed by atoms with E-state index in [1.807, 2.05) is 0 Å². The van der Waals surface area contributed by atoms with E-state index in [0.717, 1.165) is 9.04 Å². The summed E-state index contributed by atoms with van der Waals surface area (Å²) in [7, 11) is 0. The number of aromatic hydroxyl groups is 1. The number of hydroxylamine groups is 1. The normalized spacial score (nSPS) is 12.2. The highest BCUT2D eigenvalue weighted by atomic mass is 79.9. The molecule has 24 heavy (non-hydrogen) atoms. The van der Waals surface area contributed by atoms with E-state index in [-0.39, 0.29) is 18.2 Å². The molecule has 4 N–H and O–H groups in total. The molecule has 130 valence electrons. The third kappa shape index (κ3) is 3.80. The maximum absolute atomic E-state index is 12.1. The van der Waals surface area contributed by atoms with Crippen molar-refractivity contribution >= 4 is 21.8 Å². The van der Waals surface area contributed by atoms with Gasteiger partial charge in [0.1, 0.15) is 24.1 Å². The summed E-state index contributed by atoms with van der Waals surface area (Å²) in [4.78, 5) is 26.4. The van der Waals surface area contributed by atoms with Gasteiger partial charge in [-0.3, -0.25) is 10.0 Å². The molecule has 9 heteroatoms. The molecule has 1 heterocycles. The number of amides is 1. The molecule has 0 radical (unpaired) electrons. The van der Waals surface area contributed by atoms with Crippen LogP contribution in [0.4, 0.5) is 0 Å². The summed E-state index contributed by atoms with van der Waals surface area (Å²) in [5.74, 6) is -0.974. The number of aromatic nitrogens is 2. The number of hydrogen-bond acceptors (Lipinski definition) is 5. The Balaban J connectivity index is 2.26. The largest absolute Gasteiger partial charge is 0.493 e. The Kier molecular flexibility index (Phi) is 5.68. The SMILES string of the molecule is CC(C)[C@H](C(=O)NO)n1c(O)c(COc2ccc(Br)cc2)[nH]c1=O. The van der Waals surface area contributed by atoms with Gasteiger partial charge in [0.05, 0.1) is 0 Å². The first-order valence-electron chi connectivity index (χ1n) is 7.19. The highest BCUT2D eigenvalue weighted by molar-refractivity contribution is 9.10. The van der Waals surface area contributed by atoms with E-state index in [0.29, 0.717) is 5.75 Å². The fourth-order valence-corrected chi connectivity index (χ4v) is 2.58. The number of carbonyl (C=O) groups excluding carboxylic acids is 1. The number of benzene rings is 1. The summed E-state index contributed by atoms with van der Waals surface area (Å²) in [5, 5.41) is 19.1. The summed E-state index contributed by atoms with van der Waals surface area (Å²) in [6.45, 7) is 3.30. The smallest absolute Gasteiger partial charge is 0.329 e. The van der Waals surface area contributed by atoms with Crippen LogP contribution in [-0.2, 0) is 11.4 Å². The maximum Gasteiger partial charge on any atom is 0.329 e. The van der Waals surface area contributed by atoms with Crippen LogP contribution in [0.2, 0.25) is 0 Å². The molecule has 0 aliphatic carbocycles. The lowest BCUT2D eigenvalue weighted by atomic mass is 10.0. The number of carbonyl (C=O) groups is 1. The standard InChI is InChI=1S/C15H18BrN3O5/c1-8(2)12(13(20)18-23)19-14(21)11(17-15(19)22)7-24-10-5-3-9(16)4-6-10/h3-6,8,12,21,23H,7H2,1-2H3,(H,17,22)(H,18,20)/t12-/m1/s1. The highest BCUT2D eigenvalue weighted by Gasteiger charge is 2.29. The van der Waals surface area contributed by atoms with Crippen molar-refractivity contribution in [3.8, 4) is 11.6 Å². The molecule has 0 aliphatic rings. The predicted molar refractivity (Wildman–Crippen MR) is 89.0 cm³/mol. The first-order valence-corrected chi connectivity index (χ1v) is 7.99. The van der Waals surface area contributed by atoms with Crippen molar-refractivity contribution < 1.29 is 19.8 Å². The highest BCUT2D eigenvalue weighted by Crippen LogP contribution is 2.25. The zero-order chi connectivity index (χ0) is 17.9. The topological polar surface area (TPSA) is 117 Å². The molecule has 2 rings (SSSR count). The molecule has 2 aromatic rings. The Hall–Kier alpha value is -2.26. The van der Waals surface area contributed by atoms with Crippen LogP contribution in [0.3, 0.4) is 0 Å². The van der Waals surface area contributed by atoms with Gasteiger partial charge in [0.25, 0.3) is 5.91 Å². The minimum atomic E-state index is -1.06. The van der Waals surface area contributed by atoms with E-state index in [2.05, 4.69) is 20.9 Å². The van der Waals surface area contributed by atoms with Crippen LogP contribution < -0.4 is 15.9 Å². The zero-order valence-electron chi connectivity index (χ0n) is 13.1. The molecule has 1 aromatic heterocycles. The molecule has 8 nitrogen and oxygen atoms in total. The number of halogens is 1. The number of ether oxygens (including phenoxy) is 1. The van der Waals surface area contributed by atoms with Crippen molar-refractivity contribution in [2.24, 2.45) is 5.92 Å². The van der Waals surface area contributed by atoms with Gasteiger partial charge in [-0.1, -0.05) is 29.8 Å². The molecule has 0 aliphatic heterocycles. The molecule has 1 aromatic carbocycles. The van der Waals surface area contributed by atoms with E-state index in [1.165, 1.54) is 5.48 Å². The second kappa shape index (κ2) is 7.54. The van der Waals surface area contributed by atoms with Gasteiger partial charge in [-0.15, -0.1) is 0 Å². The number of H-pyrrole nitrogens is 1. The Morgan fingerprint density at radius 2 is 2.00 bits per heavy atom. The Morgan fingerprint density at radius 3 is 2.54 bits per heavy atom. The summed E-state index contributed by atoms with van der Waals surface area (Å²) in [6.07, 6.45) is 0. The summed E-state index contributed by atoms with van der Waals surface area (Å²) < 4.78 is 7.30. The number of imidazole rings is 1. The van der Waals surface area contributed by atoms with E-state index in [1.54, 1.807) is 38.1 Å². The lowest BCUT2D eigenvalue weighted by Crippen LogP contribution is -2.37. The number of rotatable bonds is 6.